The van der Waals surface area contributed by atoms with Crippen molar-refractivity contribution in [1.29, 1.82) is 21.0 Å². The number of carbonyl (C=O) groups excluding carboxylic acids is 1. The second kappa shape index (κ2) is 6.18. The van der Waals surface area contributed by atoms with E-state index in [1.54, 1.807) is 24.3 Å². The van der Waals surface area contributed by atoms with Gasteiger partial charge < -0.3 is 0 Å². The Hall–Kier alpha value is -2.37. The maximum atomic E-state index is 11.1. The van der Waals surface area contributed by atoms with Gasteiger partial charge in [0.25, 0.3) is 0 Å². The zero-order valence-corrected chi connectivity index (χ0v) is 7.27. The van der Waals surface area contributed by atoms with Crippen molar-refractivity contribution in [2.75, 3.05) is 0 Å². The molecule has 0 heterocycles. The van der Waals surface area contributed by atoms with E-state index in [2.05, 4.69) is 0 Å². The summed E-state index contributed by atoms with van der Waals surface area (Å²) in [7, 11) is 0. The molecule has 0 saturated carbocycles. The van der Waals surface area contributed by atoms with E-state index in [1.807, 2.05) is 0 Å². The van der Waals surface area contributed by atoms with E-state index in [0.717, 1.165) is 0 Å². The third-order valence-electron chi connectivity index (χ3n) is 1.49. The van der Waals surface area contributed by atoms with Crippen molar-refractivity contribution >= 4 is 5.78 Å². The van der Waals surface area contributed by atoms with Gasteiger partial charge in [0, 0.05) is 12.8 Å². The van der Waals surface area contributed by atoms with Gasteiger partial charge in [0.2, 0.25) is 0 Å². The Morgan fingerprint density at radius 3 is 1.36 bits per heavy atom. The van der Waals surface area contributed by atoms with Crippen LogP contribution in [-0.2, 0) is 4.79 Å². The summed E-state index contributed by atoms with van der Waals surface area (Å²) in [6.45, 7) is 0. The molecular weight excluding hydrogens is 180 g/mol. The first-order valence-electron chi connectivity index (χ1n) is 3.78. The first-order valence-corrected chi connectivity index (χ1v) is 3.78. The number of nitrogens with zero attached hydrogens (tertiary/aromatic N) is 4. The largest absolute Gasteiger partial charge is 0.300 e. The molecule has 0 aliphatic rings. The molecular formula is C9H6N4O. The summed E-state index contributed by atoms with van der Waals surface area (Å²) in [6, 6.07) is 6.58. The van der Waals surface area contributed by atoms with Crippen LogP contribution in [0.15, 0.2) is 0 Å². The molecule has 0 aliphatic heterocycles. The zero-order chi connectivity index (χ0) is 11.0. The maximum absolute atomic E-state index is 11.1. The van der Waals surface area contributed by atoms with E-state index in [9.17, 15) is 4.79 Å². The van der Waals surface area contributed by atoms with E-state index in [-0.39, 0.29) is 12.8 Å². The second-order valence-corrected chi connectivity index (χ2v) is 2.57. The monoisotopic (exact) mass is 186 g/mol. The number of hydrogen-bond acceptors (Lipinski definition) is 5. The summed E-state index contributed by atoms with van der Waals surface area (Å²) in [5.41, 5.74) is 0. The highest BCUT2D eigenvalue weighted by atomic mass is 16.1. The average Bonchev–Trinajstić information content (AvgIpc) is 2.22. The van der Waals surface area contributed by atoms with Crippen LogP contribution in [0.1, 0.15) is 12.8 Å². The standard InChI is InChI=1S/C9H6N4O/c10-3-7(4-11)1-9(14)2-8(5-12)6-13/h7-8H,1-2H2. The Labute approximate surface area is 81.4 Å². The van der Waals surface area contributed by atoms with Crippen LogP contribution in [0, 0.1) is 57.2 Å². The number of hydrogen-bond donors (Lipinski definition) is 0. The highest BCUT2D eigenvalue weighted by Crippen LogP contribution is 2.08. The fourth-order valence-corrected chi connectivity index (χ4v) is 0.779. The lowest BCUT2D eigenvalue weighted by molar-refractivity contribution is -0.119. The van der Waals surface area contributed by atoms with Crippen LogP contribution in [0.3, 0.4) is 0 Å². The van der Waals surface area contributed by atoms with Gasteiger partial charge in [-0.2, -0.15) is 21.0 Å². The third-order valence-corrected chi connectivity index (χ3v) is 1.49. The Morgan fingerprint density at radius 2 is 1.14 bits per heavy atom. The summed E-state index contributed by atoms with van der Waals surface area (Å²) in [5, 5.41) is 33.5. The van der Waals surface area contributed by atoms with E-state index in [1.165, 1.54) is 0 Å². The number of ketones is 1. The lowest BCUT2D eigenvalue weighted by atomic mass is 9.98. The minimum atomic E-state index is -0.986. The molecule has 0 rings (SSSR count). The van der Waals surface area contributed by atoms with Gasteiger partial charge in [-0.3, -0.25) is 4.79 Å². The Balaban J connectivity index is 4.16. The average molecular weight is 186 g/mol. The molecule has 68 valence electrons. The van der Waals surface area contributed by atoms with E-state index in [4.69, 9.17) is 21.0 Å². The number of carbonyl (C=O) groups is 1. The van der Waals surface area contributed by atoms with E-state index < -0.39 is 17.6 Å². The number of nitriles is 4. The molecule has 0 saturated heterocycles. The zero-order valence-electron chi connectivity index (χ0n) is 7.27. The van der Waals surface area contributed by atoms with Crippen molar-refractivity contribution in [1.82, 2.24) is 0 Å². The SMILES string of the molecule is N#CC(C#N)CC(=O)CC(C#N)C#N. The fraction of sp³-hybridized carbons (Fsp3) is 0.444. The predicted octanol–water partition coefficient (Wildman–Crippen LogP) is 0.662. The molecule has 0 amide bonds. The van der Waals surface area contributed by atoms with E-state index in [0.29, 0.717) is 0 Å². The molecule has 5 nitrogen and oxygen atoms in total. The third kappa shape index (κ3) is 3.86. The van der Waals surface area contributed by atoms with Gasteiger partial charge in [0.05, 0.1) is 24.3 Å². The minimum absolute atomic E-state index is 0.215. The molecule has 5 heteroatoms. The van der Waals surface area contributed by atoms with Gasteiger partial charge >= 0.3 is 0 Å². The highest BCUT2D eigenvalue weighted by molar-refractivity contribution is 5.80. The molecule has 0 bridgehead atoms. The smallest absolute Gasteiger partial charge is 0.140 e. The Kier molecular flexibility index (Phi) is 5.13. The molecule has 0 radical (unpaired) electrons. The van der Waals surface area contributed by atoms with Crippen LogP contribution < -0.4 is 0 Å². The van der Waals surface area contributed by atoms with Gasteiger partial charge in [-0.15, -0.1) is 0 Å². The van der Waals surface area contributed by atoms with Crippen molar-refractivity contribution in [2.45, 2.75) is 12.8 Å². The van der Waals surface area contributed by atoms with Gasteiger partial charge in [-0.25, -0.2) is 0 Å². The summed E-state index contributed by atoms with van der Waals surface area (Å²) < 4.78 is 0. The topological polar surface area (TPSA) is 112 Å². The van der Waals surface area contributed by atoms with Crippen LogP contribution in [0.2, 0.25) is 0 Å². The molecule has 0 aromatic carbocycles. The summed E-state index contributed by atoms with van der Waals surface area (Å²) in [5.74, 6) is -2.38. The molecule has 0 aromatic rings. The maximum Gasteiger partial charge on any atom is 0.140 e. The van der Waals surface area contributed by atoms with E-state index >= 15 is 0 Å². The molecule has 0 fully saturated rings. The quantitative estimate of drug-likeness (QED) is 0.640. The molecule has 0 aliphatic carbocycles. The van der Waals surface area contributed by atoms with Crippen molar-refractivity contribution in [3.63, 3.8) is 0 Å². The summed E-state index contributed by atoms with van der Waals surface area (Å²) in [4.78, 5) is 11.1. The first kappa shape index (κ1) is 11.6. The molecule has 0 N–H and O–H groups in total. The van der Waals surface area contributed by atoms with Crippen LogP contribution in [0.25, 0.3) is 0 Å². The summed E-state index contributed by atoms with van der Waals surface area (Å²) in [6.07, 6.45) is -0.431. The van der Waals surface area contributed by atoms with Crippen LogP contribution >= 0.6 is 0 Å². The van der Waals surface area contributed by atoms with Crippen LogP contribution in [0.5, 0.6) is 0 Å². The van der Waals surface area contributed by atoms with Crippen LogP contribution in [-0.4, -0.2) is 5.78 Å². The van der Waals surface area contributed by atoms with Gasteiger partial charge in [0.1, 0.15) is 17.6 Å². The van der Waals surface area contributed by atoms with Gasteiger partial charge in [-0.05, 0) is 0 Å². The Morgan fingerprint density at radius 1 is 0.857 bits per heavy atom. The lowest BCUT2D eigenvalue weighted by Gasteiger charge is -1.99. The second-order valence-electron chi connectivity index (χ2n) is 2.57. The predicted molar refractivity (Wildman–Crippen MR) is 43.7 cm³/mol. The molecule has 0 aromatic heterocycles. The first-order chi connectivity index (χ1) is 6.67. The minimum Gasteiger partial charge on any atom is -0.300 e. The molecule has 0 spiro atoms. The van der Waals surface area contributed by atoms with Gasteiger partial charge in [0.15, 0.2) is 0 Å². The Bertz CT molecular complexity index is 310. The molecule has 0 atom stereocenters. The molecule has 14 heavy (non-hydrogen) atoms. The van der Waals surface area contributed by atoms with Crippen molar-refractivity contribution in [3.05, 3.63) is 0 Å². The van der Waals surface area contributed by atoms with Crippen molar-refractivity contribution in [3.8, 4) is 24.3 Å². The van der Waals surface area contributed by atoms with Gasteiger partial charge in [-0.1, -0.05) is 0 Å². The van der Waals surface area contributed by atoms with Crippen molar-refractivity contribution in [2.24, 2.45) is 11.8 Å². The fourth-order valence-electron chi connectivity index (χ4n) is 0.779. The number of rotatable bonds is 4. The van der Waals surface area contributed by atoms with Crippen LogP contribution in [0.4, 0.5) is 0 Å². The number of Topliss-reactive ketones (excluding diaryl/α,β-unsaturated/α-hetero) is 1. The highest BCUT2D eigenvalue weighted by Gasteiger charge is 2.16. The normalized spacial score (nSPS) is 8.43. The summed E-state index contributed by atoms with van der Waals surface area (Å²) >= 11 is 0. The lowest BCUT2D eigenvalue weighted by Crippen LogP contribution is -2.09. The molecule has 0 unspecified atom stereocenters. The van der Waals surface area contributed by atoms with Crippen molar-refractivity contribution < 1.29 is 4.79 Å².